The van der Waals surface area contributed by atoms with E-state index in [-0.39, 0.29) is 5.82 Å². The van der Waals surface area contributed by atoms with Crippen LogP contribution in [0.5, 0.6) is 0 Å². The molecule has 0 aromatic carbocycles. The van der Waals surface area contributed by atoms with Crippen molar-refractivity contribution in [3.05, 3.63) is 24.4 Å². The molecule has 116 valence electrons. The number of pyridine rings is 1. The maximum absolute atomic E-state index is 12.5. The molecular formula is C12H11F3N6O. The molecule has 22 heavy (non-hydrogen) atoms. The number of hydrogen-bond donors (Lipinski definition) is 1. The number of H-pyrrole nitrogens is 1. The van der Waals surface area contributed by atoms with Gasteiger partial charge in [0, 0.05) is 25.4 Å². The van der Waals surface area contributed by atoms with Gasteiger partial charge in [0.05, 0.1) is 12.9 Å². The third-order valence-electron chi connectivity index (χ3n) is 3.00. The molecule has 0 atom stereocenters. The minimum Gasteiger partial charge on any atom is -0.383 e. The molecule has 10 heteroatoms. The first kappa shape index (κ1) is 14.4. The summed E-state index contributed by atoms with van der Waals surface area (Å²) < 4.78 is 44.3. The van der Waals surface area contributed by atoms with Crippen molar-refractivity contribution in [3.63, 3.8) is 0 Å². The smallest absolute Gasteiger partial charge is 0.383 e. The first-order chi connectivity index (χ1) is 10.5. The van der Waals surface area contributed by atoms with Crippen LogP contribution in [-0.4, -0.2) is 43.4 Å². The molecule has 1 N–H and O–H groups in total. The van der Waals surface area contributed by atoms with E-state index < -0.39 is 12.0 Å². The normalized spacial score (nSPS) is 12.2. The number of hydrogen-bond acceptors (Lipinski definition) is 5. The van der Waals surface area contributed by atoms with E-state index in [1.165, 1.54) is 6.20 Å². The van der Waals surface area contributed by atoms with Gasteiger partial charge in [-0.25, -0.2) is 15.0 Å². The van der Waals surface area contributed by atoms with E-state index in [0.717, 1.165) is 0 Å². The minimum absolute atomic E-state index is 0.0758. The number of aromatic nitrogens is 6. The Balaban J connectivity index is 1.94. The van der Waals surface area contributed by atoms with Crippen molar-refractivity contribution >= 4 is 11.2 Å². The molecule has 0 fully saturated rings. The first-order valence-corrected chi connectivity index (χ1v) is 6.29. The van der Waals surface area contributed by atoms with Crippen LogP contribution in [0.4, 0.5) is 13.2 Å². The molecule has 3 heterocycles. The number of aromatic amines is 1. The fourth-order valence-corrected chi connectivity index (χ4v) is 1.94. The minimum atomic E-state index is -4.56. The Labute approximate surface area is 122 Å². The number of nitrogens with one attached hydrogen (secondary N) is 1. The van der Waals surface area contributed by atoms with Crippen LogP contribution >= 0.6 is 0 Å². The largest absolute Gasteiger partial charge is 0.451 e. The van der Waals surface area contributed by atoms with Crippen LogP contribution in [0.25, 0.3) is 22.6 Å². The molecule has 3 aromatic rings. The molecule has 0 bridgehead atoms. The first-order valence-electron chi connectivity index (χ1n) is 6.29. The average Bonchev–Trinajstić information content (AvgIpc) is 3.11. The summed E-state index contributed by atoms with van der Waals surface area (Å²) in [5.74, 6) is -1.22. The van der Waals surface area contributed by atoms with Crippen molar-refractivity contribution in [1.29, 1.82) is 0 Å². The highest BCUT2D eigenvalue weighted by Gasteiger charge is 2.35. The lowest BCUT2D eigenvalue weighted by Crippen LogP contribution is -2.07. The molecular weight excluding hydrogens is 301 g/mol. The van der Waals surface area contributed by atoms with Gasteiger partial charge in [0.25, 0.3) is 0 Å². The second-order valence-corrected chi connectivity index (χ2v) is 4.50. The van der Waals surface area contributed by atoms with E-state index in [1.807, 2.05) is 5.10 Å². The molecule has 0 spiro atoms. The Morgan fingerprint density at radius 2 is 2.14 bits per heavy atom. The van der Waals surface area contributed by atoms with Crippen molar-refractivity contribution in [2.24, 2.45) is 0 Å². The van der Waals surface area contributed by atoms with Crippen LogP contribution < -0.4 is 0 Å². The lowest BCUT2D eigenvalue weighted by atomic mass is 10.2. The highest BCUT2D eigenvalue weighted by Crippen LogP contribution is 2.27. The van der Waals surface area contributed by atoms with Crippen LogP contribution in [0.15, 0.2) is 18.6 Å². The SMILES string of the molecule is COCCn1cnc2cc(-c3n[nH]c(C(F)(F)F)n3)cnc21. The zero-order valence-electron chi connectivity index (χ0n) is 11.4. The number of rotatable bonds is 4. The van der Waals surface area contributed by atoms with E-state index in [4.69, 9.17) is 4.74 Å². The summed E-state index contributed by atoms with van der Waals surface area (Å²) in [6.07, 6.45) is -1.55. The lowest BCUT2D eigenvalue weighted by Gasteiger charge is -2.02. The second-order valence-electron chi connectivity index (χ2n) is 4.50. The lowest BCUT2D eigenvalue weighted by molar-refractivity contribution is -0.144. The van der Waals surface area contributed by atoms with Gasteiger partial charge in [-0.05, 0) is 6.07 Å². The summed E-state index contributed by atoms with van der Waals surface area (Å²) in [5, 5.41) is 5.43. The Kier molecular flexibility index (Phi) is 3.53. The zero-order valence-corrected chi connectivity index (χ0v) is 11.4. The Morgan fingerprint density at radius 3 is 2.82 bits per heavy atom. The van der Waals surface area contributed by atoms with E-state index in [0.29, 0.717) is 29.9 Å². The van der Waals surface area contributed by atoms with Gasteiger partial charge in [-0.2, -0.15) is 18.3 Å². The summed E-state index contributed by atoms with van der Waals surface area (Å²) >= 11 is 0. The van der Waals surface area contributed by atoms with Gasteiger partial charge in [-0.15, -0.1) is 0 Å². The van der Waals surface area contributed by atoms with Crippen LogP contribution in [0.3, 0.4) is 0 Å². The molecule has 0 saturated heterocycles. The monoisotopic (exact) mass is 312 g/mol. The molecule has 0 amide bonds. The molecule has 0 unspecified atom stereocenters. The molecule has 0 aliphatic rings. The highest BCUT2D eigenvalue weighted by molar-refractivity contribution is 5.76. The van der Waals surface area contributed by atoms with Gasteiger partial charge < -0.3 is 9.30 Å². The number of fused-ring (bicyclic) bond motifs is 1. The van der Waals surface area contributed by atoms with Gasteiger partial charge in [0.1, 0.15) is 5.52 Å². The summed E-state index contributed by atoms with van der Waals surface area (Å²) in [6.45, 7) is 1.09. The topological polar surface area (TPSA) is 81.5 Å². The van der Waals surface area contributed by atoms with Crippen LogP contribution in [0, 0.1) is 0 Å². The number of nitrogens with zero attached hydrogens (tertiary/aromatic N) is 5. The number of methoxy groups -OCH3 is 1. The fourth-order valence-electron chi connectivity index (χ4n) is 1.94. The van der Waals surface area contributed by atoms with Crippen molar-refractivity contribution in [1.82, 2.24) is 29.7 Å². The third-order valence-corrected chi connectivity index (χ3v) is 3.00. The summed E-state index contributed by atoms with van der Waals surface area (Å²) in [5.41, 5.74) is 1.52. The predicted octanol–water partition coefficient (Wildman–Crippen LogP) is 1.88. The van der Waals surface area contributed by atoms with Crippen molar-refractivity contribution in [2.75, 3.05) is 13.7 Å². The molecule has 0 aliphatic heterocycles. The third kappa shape index (κ3) is 2.64. The maximum Gasteiger partial charge on any atom is 0.451 e. The van der Waals surface area contributed by atoms with Crippen LogP contribution in [0.2, 0.25) is 0 Å². The van der Waals surface area contributed by atoms with Crippen molar-refractivity contribution in [3.8, 4) is 11.4 Å². The predicted molar refractivity (Wildman–Crippen MR) is 69.8 cm³/mol. The average molecular weight is 312 g/mol. The molecule has 3 rings (SSSR count). The number of halogens is 3. The maximum atomic E-state index is 12.5. The fraction of sp³-hybridized carbons (Fsp3) is 0.333. The molecule has 0 radical (unpaired) electrons. The van der Waals surface area contributed by atoms with Gasteiger partial charge in [-0.3, -0.25) is 5.10 Å². The van der Waals surface area contributed by atoms with Crippen molar-refractivity contribution < 1.29 is 17.9 Å². The van der Waals surface area contributed by atoms with Gasteiger partial charge in [-0.1, -0.05) is 0 Å². The number of alkyl halides is 3. The molecule has 7 nitrogen and oxygen atoms in total. The van der Waals surface area contributed by atoms with Gasteiger partial charge >= 0.3 is 6.18 Å². The summed E-state index contributed by atoms with van der Waals surface area (Å²) in [7, 11) is 1.59. The van der Waals surface area contributed by atoms with Crippen LogP contribution in [-0.2, 0) is 17.5 Å². The molecule has 0 saturated carbocycles. The van der Waals surface area contributed by atoms with Crippen molar-refractivity contribution in [2.45, 2.75) is 12.7 Å². The Bertz CT molecular complexity index is 794. The molecule has 3 aromatic heterocycles. The van der Waals surface area contributed by atoms with Gasteiger partial charge in [0.15, 0.2) is 11.5 Å². The highest BCUT2D eigenvalue weighted by atomic mass is 19.4. The van der Waals surface area contributed by atoms with E-state index >= 15 is 0 Å². The molecule has 0 aliphatic carbocycles. The standard InChI is InChI=1S/C12H11F3N6O/c1-22-3-2-21-6-17-8-4-7(5-16-10(8)21)9-18-11(20-19-9)12(13,14)15/h4-6H,2-3H2,1H3,(H,18,19,20). The Morgan fingerprint density at radius 1 is 1.32 bits per heavy atom. The van der Waals surface area contributed by atoms with E-state index in [9.17, 15) is 13.2 Å². The quantitative estimate of drug-likeness (QED) is 0.795. The summed E-state index contributed by atoms with van der Waals surface area (Å²) in [4.78, 5) is 11.8. The zero-order chi connectivity index (χ0) is 15.7. The summed E-state index contributed by atoms with van der Waals surface area (Å²) in [6, 6.07) is 1.59. The number of ether oxygens (including phenoxy) is 1. The van der Waals surface area contributed by atoms with Crippen LogP contribution in [0.1, 0.15) is 5.82 Å². The van der Waals surface area contributed by atoms with E-state index in [1.54, 1.807) is 24.1 Å². The van der Waals surface area contributed by atoms with E-state index in [2.05, 4.69) is 20.1 Å². The number of imidazole rings is 1. The van der Waals surface area contributed by atoms with Gasteiger partial charge in [0.2, 0.25) is 5.82 Å². The second kappa shape index (κ2) is 5.37. The Hall–Kier alpha value is -2.49.